The third kappa shape index (κ3) is 2.59. The zero-order chi connectivity index (χ0) is 13.0. The van der Waals surface area contributed by atoms with E-state index in [0.717, 1.165) is 30.8 Å². The molecule has 0 aromatic carbocycles. The molecule has 18 heavy (non-hydrogen) atoms. The van der Waals surface area contributed by atoms with Gasteiger partial charge in [-0.1, -0.05) is 18.3 Å². The van der Waals surface area contributed by atoms with Crippen LogP contribution >= 0.6 is 11.5 Å². The van der Waals surface area contributed by atoms with Crippen LogP contribution in [0, 0.1) is 0 Å². The van der Waals surface area contributed by atoms with E-state index in [1.54, 1.807) is 0 Å². The average molecular weight is 265 g/mol. The van der Waals surface area contributed by atoms with Crippen molar-refractivity contribution in [2.24, 2.45) is 7.05 Å². The summed E-state index contributed by atoms with van der Waals surface area (Å²) in [6.45, 7) is 5.25. The number of rotatable bonds is 6. The van der Waals surface area contributed by atoms with Gasteiger partial charge in [-0.3, -0.25) is 4.68 Å². The molecule has 2 aromatic rings. The SMILES string of the molecule is CCCNC(c1snnc1CC)c1ccnn1C. The monoisotopic (exact) mass is 265 g/mol. The quantitative estimate of drug-likeness (QED) is 0.867. The van der Waals surface area contributed by atoms with E-state index in [1.165, 1.54) is 16.4 Å². The highest BCUT2D eigenvalue weighted by atomic mass is 32.1. The predicted molar refractivity (Wildman–Crippen MR) is 72.6 cm³/mol. The highest BCUT2D eigenvalue weighted by Gasteiger charge is 2.22. The minimum absolute atomic E-state index is 0.146. The van der Waals surface area contributed by atoms with Crippen LogP contribution in [0.4, 0.5) is 0 Å². The first-order chi connectivity index (χ1) is 8.77. The van der Waals surface area contributed by atoms with Gasteiger partial charge in [0.2, 0.25) is 0 Å². The van der Waals surface area contributed by atoms with Crippen molar-refractivity contribution in [3.63, 3.8) is 0 Å². The molecule has 0 amide bonds. The topological polar surface area (TPSA) is 55.6 Å². The molecule has 0 aliphatic rings. The summed E-state index contributed by atoms with van der Waals surface area (Å²) in [7, 11) is 1.97. The predicted octanol–water partition coefficient (Wildman–Crippen LogP) is 1.92. The first-order valence-corrected chi connectivity index (χ1v) is 7.07. The van der Waals surface area contributed by atoms with Gasteiger partial charge in [0.25, 0.3) is 0 Å². The number of nitrogens with zero attached hydrogens (tertiary/aromatic N) is 4. The molecule has 1 unspecified atom stereocenters. The minimum atomic E-state index is 0.146. The maximum Gasteiger partial charge on any atom is 0.0877 e. The zero-order valence-corrected chi connectivity index (χ0v) is 11.9. The fourth-order valence-electron chi connectivity index (χ4n) is 1.97. The van der Waals surface area contributed by atoms with Crippen molar-refractivity contribution >= 4 is 11.5 Å². The molecular weight excluding hydrogens is 246 g/mol. The Morgan fingerprint density at radius 1 is 1.44 bits per heavy atom. The maximum absolute atomic E-state index is 4.25. The molecule has 0 radical (unpaired) electrons. The summed E-state index contributed by atoms with van der Waals surface area (Å²) in [6.07, 6.45) is 3.84. The standard InChI is InChI=1S/C12H19N5S/c1-4-7-13-11(10-6-8-14-17(10)3)12-9(5-2)15-16-18-12/h6,8,11,13H,4-5,7H2,1-3H3. The zero-order valence-electron chi connectivity index (χ0n) is 11.1. The lowest BCUT2D eigenvalue weighted by atomic mass is 10.1. The molecule has 6 heteroatoms. The number of aromatic nitrogens is 4. The highest BCUT2D eigenvalue weighted by Crippen LogP contribution is 2.26. The summed E-state index contributed by atoms with van der Waals surface area (Å²) in [5.41, 5.74) is 2.24. The Morgan fingerprint density at radius 2 is 2.28 bits per heavy atom. The number of aryl methyl sites for hydroxylation is 2. The van der Waals surface area contributed by atoms with Crippen molar-refractivity contribution in [2.45, 2.75) is 32.7 Å². The molecule has 1 atom stereocenters. The van der Waals surface area contributed by atoms with Crippen LogP contribution in [0.15, 0.2) is 12.3 Å². The Bertz CT molecular complexity index is 490. The highest BCUT2D eigenvalue weighted by molar-refractivity contribution is 7.05. The van der Waals surface area contributed by atoms with Crippen LogP contribution in [0.3, 0.4) is 0 Å². The van der Waals surface area contributed by atoms with E-state index in [-0.39, 0.29) is 6.04 Å². The van der Waals surface area contributed by atoms with Gasteiger partial charge in [-0.2, -0.15) is 5.10 Å². The second-order valence-electron chi connectivity index (χ2n) is 4.20. The Kier molecular flexibility index (Phi) is 4.43. The van der Waals surface area contributed by atoms with E-state index in [2.05, 4.69) is 33.8 Å². The van der Waals surface area contributed by atoms with E-state index < -0.39 is 0 Å². The van der Waals surface area contributed by atoms with Crippen LogP contribution < -0.4 is 5.32 Å². The van der Waals surface area contributed by atoms with Crippen molar-refractivity contribution in [2.75, 3.05) is 6.54 Å². The fourth-order valence-corrected chi connectivity index (χ4v) is 2.79. The summed E-state index contributed by atoms with van der Waals surface area (Å²) in [5, 5.41) is 12.0. The lowest BCUT2D eigenvalue weighted by molar-refractivity contribution is 0.556. The van der Waals surface area contributed by atoms with Gasteiger partial charge in [-0.05, 0) is 37.0 Å². The molecule has 0 spiro atoms. The first kappa shape index (κ1) is 13.2. The fraction of sp³-hybridized carbons (Fsp3) is 0.583. The summed E-state index contributed by atoms with van der Waals surface area (Å²) in [5.74, 6) is 0. The largest absolute Gasteiger partial charge is 0.304 e. The molecule has 0 aliphatic carbocycles. The Balaban J connectivity index is 2.34. The molecule has 2 aromatic heterocycles. The van der Waals surface area contributed by atoms with Gasteiger partial charge in [0.05, 0.1) is 22.3 Å². The minimum Gasteiger partial charge on any atom is -0.304 e. The van der Waals surface area contributed by atoms with Crippen molar-refractivity contribution in [3.05, 3.63) is 28.5 Å². The Hall–Kier alpha value is -1.27. The molecule has 5 nitrogen and oxygen atoms in total. The van der Waals surface area contributed by atoms with Gasteiger partial charge in [0.15, 0.2) is 0 Å². The van der Waals surface area contributed by atoms with E-state index in [0.29, 0.717) is 0 Å². The molecule has 0 aliphatic heterocycles. The lowest BCUT2D eigenvalue weighted by Gasteiger charge is -2.17. The molecule has 0 fully saturated rings. The summed E-state index contributed by atoms with van der Waals surface area (Å²) in [4.78, 5) is 1.20. The maximum atomic E-state index is 4.25. The van der Waals surface area contributed by atoms with Gasteiger partial charge in [-0.25, -0.2) is 0 Å². The number of hydrogen-bond acceptors (Lipinski definition) is 5. The van der Waals surface area contributed by atoms with Crippen LogP contribution in [0.2, 0.25) is 0 Å². The van der Waals surface area contributed by atoms with E-state index in [4.69, 9.17) is 0 Å². The third-order valence-electron chi connectivity index (χ3n) is 2.94. The smallest absolute Gasteiger partial charge is 0.0877 e. The molecule has 1 N–H and O–H groups in total. The van der Waals surface area contributed by atoms with Crippen LogP contribution in [0.25, 0.3) is 0 Å². The second-order valence-corrected chi connectivity index (χ2v) is 4.99. The van der Waals surface area contributed by atoms with Crippen LogP contribution in [0.1, 0.15) is 42.6 Å². The van der Waals surface area contributed by atoms with Crippen molar-refractivity contribution in [3.8, 4) is 0 Å². The van der Waals surface area contributed by atoms with Gasteiger partial charge in [-0.15, -0.1) is 5.10 Å². The molecule has 0 saturated carbocycles. The molecule has 2 heterocycles. The third-order valence-corrected chi connectivity index (χ3v) is 3.77. The van der Waals surface area contributed by atoms with E-state index in [9.17, 15) is 0 Å². The average Bonchev–Trinajstić information content (AvgIpc) is 2.99. The molecule has 2 rings (SSSR count). The second kappa shape index (κ2) is 6.06. The number of nitrogens with one attached hydrogen (secondary N) is 1. The van der Waals surface area contributed by atoms with Crippen LogP contribution in [-0.4, -0.2) is 25.9 Å². The Labute approximate surface area is 111 Å². The molecule has 0 saturated heterocycles. The van der Waals surface area contributed by atoms with Gasteiger partial charge in [0, 0.05) is 13.2 Å². The molecule has 98 valence electrons. The van der Waals surface area contributed by atoms with Gasteiger partial charge >= 0.3 is 0 Å². The molecule has 0 bridgehead atoms. The van der Waals surface area contributed by atoms with Crippen LogP contribution in [0.5, 0.6) is 0 Å². The Morgan fingerprint density at radius 3 is 2.89 bits per heavy atom. The summed E-state index contributed by atoms with van der Waals surface area (Å²) in [6, 6.07) is 2.19. The summed E-state index contributed by atoms with van der Waals surface area (Å²) >= 11 is 1.47. The lowest BCUT2D eigenvalue weighted by Crippen LogP contribution is -2.25. The van der Waals surface area contributed by atoms with Crippen molar-refractivity contribution < 1.29 is 0 Å². The number of hydrogen-bond donors (Lipinski definition) is 1. The first-order valence-electron chi connectivity index (χ1n) is 6.30. The molecular formula is C12H19N5S. The van der Waals surface area contributed by atoms with Crippen molar-refractivity contribution in [1.29, 1.82) is 0 Å². The van der Waals surface area contributed by atoms with Crippen molar-refractivity contribution in [1.82, 2.24) is 24.7 Å². The van der Waals surface area contributed by atoms with Crippen LogP contribution in [-0.2, 0) is 13.5 Å². The normalized spacial score (nSPS) is 12.8. The van der Waals surface area contributed by atoms with Gasteiger partial charge in [0.1, 0.15) is 0 Å². The van der Waals surface area contributed by atoms with Gasteiger partial charge < -0.3 is 5.32 Å². The van der Waals surface area contributed by atoms with E-state index >= 15 is 0 Å². The summed E-state index contributed by atoms with van der Waals surface area (Å²) < 4.78 is 5.99. The van der Waals surface area contributed by atoms with E-state index in [1.807, 2.05) is 24.0 Å².